The molecule has 7 heteroatoms. The number of likely N-dealkylation sites (N-methyl/N-ethyl adjacent to an activating group) is 1. The highest BCUT2D eigenvalue weighted by Gasteiger charge is 2.11. The van der Waals surface area contributed by atoms with Crippen LogP contribution in [0.15, 0.2) is 12.1 Å². The summed E-state index contributed by atoms with van der Waals surface area (Å²) < 4.78 is 5.30. The van der Waals surface area contributed by atoms with E-state index in [-0.39, 0.29) is 11.9 Å². The number of nitrogens with zero attached hydrogens (tertiary/aromatic N) is 1. The smallest absolute Gasteiger partial charge is 0.305 e. The Hall–Kier alpha value is -1.11. The quantitative estimate of drug-likeness (QED) is 0.557. The van der Waals surface area contributed by atoms with Crippen LogP contribution in [0.25, 0.3) is 0 Å². The number of ether oxygens (including phenoxy) is 1. The number of carbonyl (C=O) groups is 2. The fourth-order valence-corrected chi connectivity index (χ4v) is 2.89. The van der Waals surface area contributed by atoms with Crippen LogP contribution in [-0.2, 0) is 20.9 Å². The molecule has 1 aromatic heterocycles. The molecule has 1 heterocycles. The molecule has 0 saturated carbocycles. The van der Waals surface area contributed by atoms with Crippen LogP contribution in [0.1, 0.15) is 24.6 Å². The molecule has 0 spiro atoms. The second-order valence-corrected chi connectivity index (χ2v) is 6.34. The Morgan fingerprint density at radius 3 is 2.76 bits per heavy atom. The number of rotatable bonds is 9. The average molecular weight is 333 g/mol. The molecule has 21 heavy (non-hydrogen) atoms. The van der Waals surface area contributed by atoms with Crippen LogP contribution < -0.4 is 5.32 Å². The van der Waals surface area contributed by atoms with E-state index in [1.54, 1.807) is 0 Å². The first-order valence-corrected chi connectivity index (χ1v) is 8.04. The summed E-state index contributed by atoms with van der Waals surface area (Å²) in [7, 11) is 1.36. The molecule has 1 aromatic rings. The van der Waals surface area contributed by atoms with Crippen molar-refractivity contribution in [1.82, 2.24) is 10.2 Å². The molecule has 0 unspecified atom stereocenters. The minimum Gasteiger partial charge on any atom is -0.469 e. The summed E-state index contributed by atoms with van der Waals surface area (Å²) in [6.07, 6.45) is 0.910. The number of amides is 1. The van der Waals surface area contributed by atoms with Gasteiger partial charge in [0.2, 0.25) is 5.91 Å². The second kappa shape index (κ2) is 9.76. The summed E-state index contributed by atoms with van der Waals surface area (Å²) in [4.78, 5) is 25.9. The second-order valence-electron chi connectivity index (χ2n) is 4.54. The van der Waals surface area contributed by atoms with Crippen molar-refractivity contribution >= 4 is 34.8 Å². The monoisotopic (exact) mass is 332 g/mol. The highest BCUT2D eigenvalue weighted by Crippen LogP contribution is 2.22. The molecule has 0 atom stereocenters. The Kier molecular flexibility index (Phi) is 8.34. The third-order valence-corrected chi connectivity index (χ3v) is 4.15. The molecule has 1 N–H and O–H groups in total. The fourth-order valence-electron chi connectivity index (χ4n) is 1.76. The van der Waals surface area contributed by atoms with Crippen LogP contribution in [0, 0.1) is 0 Å². The first kappa shape index (κ1) is 17.9. The lowest BCUT2D eigenvalue weighted by atomic mass is 10.3. The summed E-state index contributed by atoms with van der Waals surface area (Å²) in [6.45, 7) is 4.33. The van der Waals surface area contributed by atoms with E-state index in [2.05, 4.69) is 10.1 Å². The van der Waals surface area contributed by atoms with Gasteiger partial charge in [-0.15, -0.1) is 11.3 Å². The molecular formula is C14H21ClN2O3S. The highest BCUT2D eigenvalue weighted by atomic mass is 35.5. The van der Waals surface area contributed by atoms with Crippen molar-refractivity contribution in [2.24, 2.45) is 0 Å². The summed E-state index contributed by atoms with van der Waals surface area (Å²) in [5.41, 5.74) is 0. The Morgan fingerprint density at radius 2 is 2.19 bits per heavy atom. The molecule has 0 bridgehead atoms. The fraction of sp³-hybridized carbons (Fsp3) is 0.571. The van der Waals surface area contributed by atoms with Gasteiger partial charge in [0.05, 0.1) is 18.0 Å². The van der Waals surface area contributed by atoms with E-state index in [1.165, 1.54) is 18.4 Å². The lowest BCUT2D eigenvalue weighted by Crippen LogP contribution is -2.37. The maximum absolute atomic E-state index is 11.8. The lowest BCUT2D eigenvalue weighted by molar-refractivity contribution is -0.140. The minimum atomic E-state index is -0.256. The van der Waals surface area contributed by atoms with E-state index in [1.807, 2.05) is 24.0 Å². The Bertz CT molecular complexity index is 465. The van der Waals surface area contributed by atoms with E-state index in [4.69, 9.17) is 11.6 Å². The molecule has 0 aromatic carbocycles. The third-order valence-electron chi connectivity index (χ3n) is 2.93. The van der Waals surface area contributed by atoms with Crippen molar-refractivity contribution < 1.29 is 14.3 Å². The molecule has 5 nitrogen and oxygen atoms in total. The SMILES string of the molecule is CCN(CC(=O)NCCCC(=O)OC)Cc1ccc(Cl)s1. The number of carbonyl (C=O) groups excluding carboxylic acids is 2. The first-order chi connectivity index (χ1) is 10.0. The van der Waals surface area contributed by atoms with E-state index >= 15 is 0 Å². The molecule has 0 fully saturated rings. The Labute approximate surface area is 134 Å². The van der Waals surface area contributed by atoms with Gasteiger partial charge >= 0.3 is 5.97 Å². The molecule has 0 aliphatic carbocycles. The van der Waals surface area contributed by atoms with Crippen molar-refractivity contribution in [3.63, 3.8) is 0 Å². The number of esters is 1. The van der Waals surface area contributed by atoms with Crippen LogP contribution in [0.5, 0.6) is 0 Å². The summed E-state index contributed by atoms with van der Waals surface area (Å²) in [6, 6.07) is 3.84. The number of hydrogen-bond acceptors (Lipinski definition) is 5. The van der Waals surface area contributed by atoms with Crippen LogP contribution in [0.4, 0.5) is 0 Å². The van der Waals surface area contributed by atoms with Gasteiger partial charge in [-0.05, 0) is 25.1 Å². The van der Waals surface area contributed by atoms with Crippen molar-refractivity contribution in [3.8, 4) is 0 Å². The van der Waals surface area contributed by atoms with Crippen LogP contribution >= 0.6 is 22.9 Å². The lowest BCUT2D eigenvalue weighted by Gasteiger charge is -2.18. The predicted molar refractivity (Wildman–Crippen MR) is 84.5 cm³/mol. The maximum Gasteiger partial charge on any atom is 0.305 e. The molecule has 0 aliphatic rings. The molecule has 1 amide bonds. The molecule has 118 valence electrons. The van der Waals surface area contributed by atoms with Gasteiger partial charge in [-0.1, -0.05) is 18.5 Å². The van der Waals surface area contributed by atoms with Crippen molar-refractivity contribution in [1.29, 1.82) is 0 Å². The number of methoxy groups -OCH3 is 1. The van der Waals surface area contributed by atoms with E-state index < -0.39 is 0 Å². The van der Waals surface area contributed by atoms with Crippen molar-refractivity contribution in [2.75, 3.05) is 26.7 Å². The molecule has 0 aliphatic heterocycles. The van der Waals surface area contributed by atoms with Gasteiger partial charge in [0.1, 0.15) is 0 Å². The van der Waals surface area contributed by atoms with E-state index in [0.717, 1.165) is 15.8 Å². The molecule has 1 rings (SSSR count). The summed E-state index contributed by atoms with van der Waals surface area (Å²) in [5.74, 6) is -0.293. The molecule has 0 radical (unpaired) electrons. The summed E-state index contributed by atoms with van der Waals surface area (Å²) >= 11 is 7.42. The number of halogens is 1. The topological polar surface area (TPSA) is 58.6 Å². The summed E-state index contributed by atoms with van der Waals surface area (Å²) in [5, 5.41) is 2.81. The zero-order valence-corrected chi connectivity index (χ0v) is 13.9. The zero-order chi connectivity index (χ0) is 15.7. The van der Waals surface area contributed by atoms with Gasteiger partial charge < -0.3 is 10.1 Å². The van der Waals surface area contributed by atoms with Crippen LogP contribution in [-0.4, -0.2) is 43.5 Å². The highest BCUT2D eigenvalue weighted by molar-refractivity contribution is 7.16. The number of thiophene rings is 1. The Morgan fingerprint density at radius 1 is 1.43 bits per heavy atom. The normalized spacial score (nSPS) is 10.7. The maximum atomic E-state index is 11.8. The van der Waals surface area contributed by atoms with Crippen molar-refractivity contribution in [2.45, 2.75) is 26.3 Å². The van der Waals surface area contributed by atoms with Gasteiger partial charge in [-0.2, -0.15) is 0 Å². The third kappa shape index (κ3) is 7.45. The average Bonchev–Trinajstić information content (AvgIpc) is 2.87. The van der Waals surface area contributed by atoms with E-state index in [0.29, 0.717) is 32.5 Å². The largest absolute Gasteiger partial charge is 0.469 e. The van der Waals surface area contributed by atoms with Crippen molar-refractivity contribution in [3.05, 3.63) is 21.3 Å². The van der Waals surface area contributed by atoms with Crippen LogP contribution in [0.2, 0.25) is 4.34 Å². The zero-order valence-electron chi connectivity index (χ0n) is 12.4. The van der Waals surface area contributed by atoms with E-state index in [9.17, 15) is 9.59 Å². The van der Waals surface area contributed by atoms with Gasteiger partial charge in [-0.3, -0.25) is 14.5 Å². The van der Waals surface area contributed by atoms with Crippen LogP contribution in [0.3, 0.4) is 0 Å². The van der Waals surface area contributed by atoms with Gasteiger partial charge in [0.15, 0.2) is 0 Å². The molecule has 0 saturated heterocycles. The first-order valence-electron chi connectivity index (χ1n) is 6.85. The Balaban J connectivity index is 2.26. The predicted octanol–water partition coefficient (Wildman–Crippen LogP) is 2.29. The number of hydrogen-bond donors (Lipinski definition) is 1. The number of nitrogens with one attached hydrogen (secondary N) is 1. The van der Waals surface area contributed by atoms with Gasteiger partial charge in [-0.25, -0.2) is 0 Å². The van der Waals surface area contributed by atoms with Gasteiger partial charge in [0, 0.05) is 24.4 Å². The van der Waals surface area contributed by atoms with Gasteiger partial charge in [0.25, 0.3) is 0 Å². The minimum absolute atomic E-state index is 0.0376. The molecular weight excluding hydrogens is 312 g/mol. The standard InChI is InChI=1S/C14H21ClN2O3S/c1-3-17(9-11-6-7-12(15)21-11)10-13(18)16-8-4-5-14(19)20-2/h6-7H,3-5,8-10H2,1-2H3,(H,16,18).